The molecule has 0 aliphatic rings. The van der Waals surface area contributed by atoms with Crippen molar-refractivity contribution < 1.29 is 0 Å². The summed E-state index contributed by atoms with van der Waals surface area (Å²) in [6.07, 6.45) is 0. The van der Waals surface area contributed by atoms with Crippen molar-refractivity contribution in [2.24, 2.45) is 0 Å². The molecule has 0 amide bonds. The molecule has 10 rings (SSSR count). The molecule has 0 aliphatic heterocycles. The lowest BCUT2D eigenvalue weighted by atomic mass is 9.93. The average molecular weight is 700 g/mol. The molecule has 1 heteroatoms. The normalized spacial score (nSPS) is 11.3. The molecule has 258 valence electrons. The van der Waals surface area contributed by atoms with E-state index in [4.69, 9.17) is 0 Å². The summed E-state index contributed by atoms with van der Waals surface area (Å²) in [4.78, 5) is 2.38. The SMILES string of the molecule is c1ccc(-c2ccc(-c3ccc(N(c4ccc(-c5cccc6ccccc56)cc4)c4cccc(-c5cc6ccccc6c6ccccc56)c4)cc3)cc2)cc1. The van der Waals surface area contributed by atoms with Crippen molar-refractivity contribution in [3.8, 4) is 44.5 Å². The van der Waals surface area contributed by atoms with Gasteiger partial charge in [-0.25, -0.2) is 0 Å². The van der Waals surface area contributed by atoms with Crippen LogP contribution in [-0.4, -0.2) is 0 Å². The molecule has 10 aromatic rings. The molecule has 0 heterocycles. The number of hydrogen-bond donors (Lipinski definition) is 0. The van der Waals surface area contributed by atoms with Crippen LogP contribution in [0, 0.1) is 0 Å². The third kappa shape index (κ3) is 6.12. The third-order valence-corrected chi connectivity index (χ3v) is 10.9. The highest BCUT2D eigenvalue weighted by molar-refractivity contribution is 6.14. The smallest absolute Gasteiger partial charge is 0.0467 e. The van der Waals surface area contributed by atoms with Crippen molar-refractivity contribution >= 4 is 49.4 Å². The Hall–Kier alpha value is -7.22. The minimum atomic E-state index is 1.10. The lowest BCUT2D eigenvalue weighted by Gasteiger charge is -2.27. The first-order chi connectivity index (χ1) is 27.3. The van der Waals surface area contributed by atoms with Crippen LogP contribution in [0.25, 0.3) is 76.8 Å². The predicted octanol–water partition coefficient (Wildman–Crippen LogP) is 15.3. The number of benzene rings is 10. The standard InChI is InChI=1S/C54H37N/c1-2-12-38(13-3-1)39-24-26-40(27-25-39)41-28-32-46(33-29-41)55(47-34-30-43(31-35-47)50-23-11-16-42-14-4-6-19-49(42)50)48-18-10-17-44(36-48)54-37-45-15-5-7-20-51(45)52-21-8-9-22-53(52)54/h1-37H. The average Bonchev–Trinajstić information content (AvgIpc) is 3.27. The van der Waals surface area contributed by atoms with Gasteiger partial charge in [-0.2, -0.15) is 0 Å². The van der Waals surface area contributed by atoms with Crippen molar-refractivity contribution in [1.82, 2.24) is 0 Å². The fourth-order valence-corrected chi connectivity index (χ4v) is 8.11. The van der Waals surface area contributed by atoms with Crippen LogP contribution in [0.5, 0.6) is 0 Å². The van der Waals surface area contributed by atoms with Gasteiger partial charge in [-0.05, 0) is 119 Å². The first-order valence-corrected chi connectivity index (χ1v) is 18.9. The molecule has 0 bridgehead atoms. The maximum absolute atomic E-state index is 2.38. The van der Waals surface area contributed by atoms with Gasteiger partial charge in [0.25, 0.3) is 0 Å². The first kappa shape index (κ1) is 32.4. The van der Waals surface area contributed by atoms with E-state index >= 15 is 0 Å². The summed E-state index contributed by atoms with van der Waals surface area (Å²) < 4.78 is 0. The lowest BCUT2D eigenvalue weighted by Crippen LogP contribution is -2.10. The molecule has 0 radical (unpaired) electrons. The molecule has 0 spiro atoms. The zero-order valence-corrected chi connectivity index (χ0v) is 30.3. The number of hydrogen-bond acceptors (Lipinski definition) is 1. The van der Waals surface area contributed by atoms with Crippen LogP contribution < -0.4 is 4.90 Å². The predicted molar refractivity (Wildman–Crippen MR) is 235 cm³/mol. The van der Waals surface area contributed by atoms with Gasteiger partial charge in [-0.3, -0.25) is 0 Å². The molecule has 1 nitrogen and oxygen atoms in total. The molecule has 0 N–H and O–H groups in total. The maximum Gasteiger partial charge on any atom is 0.0467 e. The lowest BCUT2D eigenvalue weighted by molar-refractivity contribution is 1.28. The Morgan fingerprint density at radius 3 is 1.38 bits per heavy atom. The van der Waals surface area contributed by atoms with E-state index in [1.165, 1.54) is 76.8 Å². The van der Waals surface area contributed by atoms with E-state index in [0.29, 0.717) is 0 Å². The molecular weight excluding hydrogens is 663 g/mol. The molecule has 55 heavy (non-hydrogen) atoms. The van der Waals surface area contributed by atoms with E-state index in [9.17, 15) is 0 Å². The summed E-state index contributed by atoms with van der Waals surface area (Å²) in [5, 5.41) is 7.56. The van der Waals surface area contributed by atoms with Crippen LogP contribution in [-0.2, 0) is 0 Å². The Morgan fingerprint density at radius 1 is 0.218 bits per heavy atom. The highest BCUT2D eigenvalue weighted by Gasteiger charge is 2.16. The van der Waals surface area contributed by atoms with Crippen LogP contribution in [0.4, 0.5) is 17.1 Å². The van der Waals surface area contributed by atoms with Crippen molar-refractivity contribution in [2.45, 2.75) is 0 Å². The Kier molecular flexibility index (Phi) is 8.24. The maximum atomic E-state index is 2.38. The minimum Gasteiger partial charge on any atom is -0.310 e. The van der Waals surface area contributed by atoms with Gasteiger partial charge in [-0.1, -0.05) is 182 Å². The van der Waals surface area contributed by atoms with E-state index in [2.05, 4.69) is 229 Å². The van der Waals surface area contributed by atoms with E-state index in [1.807, 2.05) is 0 Å². The van der Waals surface area contributed by atoms with Crippen molar-refractivity contribution in [3.63, 3.8) is 0 Å². The van der Waals surface area contributed by atoms with Crippen molar-refractivity contribution in [3.05, 3.63) is 224 Å². The van der Waals surface area contributed by atoms with Crippen LogP contribution in [0.2, 0.25) is 0 Å². The van der Waals surface area contributed by atoms with Gasteiger partial charge in [0, 0.05) is 17.1 Å². The highest BCUT2D eigenvalue weighted by atomic mass is 15.1. The molecule has 0 aliphatic carbocycles. The van der Waals surface area contributed by atoms with Crippen LogP contribution in [0.1, 0.15) is 0 Å². The Labute approximate surface area is 322 Å². The van der Waals surface area contributed by atoms with Gasteiger partial charge < -0.3 is 4.90 Å². The molecule has 0 saturated carbocycles. The first-order valence-electron chi connectivity index (χ1n) is 18.9. The second-order valence-corrected chi connectivity index (χ2v) is 14.1. The van der Waals surface area contributed by atoms with Crippen molar-refractivity contribution in [2.75, 3.05) is 4.90 Å². The zero-order chi connectivity index (χ0) is 36.6. The molecule has 10 aromatic carbocycles. The van der Waals surface area contributed by atoms with Gasteiger partial charge in [0.05, 0.1) is 0 Å². The topological polar surface area (TPSA) is 3.24 Å². The third-order valence-electron chi connectivity index (χ3n) is 10.9. The second-order valence-electron chi connectivity index (χ2n) is 14.1. The largest absolute Gasteiger partial charge is 0.310 e. The molecule has 0 fully saturated rings. The van der Waals surface area contributed by atoms with Crippen LogP contribution in [0.15, 0.2) is 224 Å². The van der Waals surface area contributed by atoms with Gasteiger partial charge in [0.1, 0.15) is 0 Å². The van der Waals surface area contributed by atoms with Crippen molar-refractivity contribution in [1.29, 1.82) is 0 Å². The number of anilines is 3. The van der Waals surface area contributed by atoms with Gasteiger partial charge in [0.15, 0.2) is 0 Å². The molecule has 0 aromatic heterocycles. The van der Waals surface area contributed by atoms with Crippen LogP contribution >= 0.6 is 0 Å². The molecule has 0 saturated heterocycles. The molecular formula is C54H37N. The summed E-state index contributed by atoms with van der Waals surface area (Å²) in [7, 11) is 0. The Bertz CT molecular complexity index is 2940. The second kappa shape index (κ2) is 14.0. The summed E-state index contributed by atoms with van der Waals surface area (Å²) >= 11 is 0. The fraction of sp³-hybridized carbons (Fsp3) is 0. The van der Waals surface area contributed by atoms with E-state index in [1.54, 1.807) is 0 Å². The van der Waals surface area contributed by atoms with Gasteiger partial charge >= 0.3 is 0 Å². The van der Waals surface area contributed by atoms with Crippen LogP contribution in [0.3, 0.4) is 0 Å². The summed E-state index contributed by atoms with van der Waals surface area (Å²) in [5.74, 6) is 0. The molecule has 0 atom stereocenters. The summed E-state index contributed by atoms with van der Waals surface area (Å²) in [6.45, 7) is 0. The number of rotatable bonds is 7. The highest BCUT2D eigenvalue weighted by Crippen LogP contribution is 2.41. The minimum absolute atomic E-state index is 1.10. The van der Waals surface area contributed by atoms with Gasteiger partial charge in [0.2, 0.25) is 0 Å². The number of nitrogens with zero attached hydrogens (tertiary/aromatic N) is 1. The van der Waals surface area contributed by atoms with Gasteiger partial charge in [-0.15, -0.1) is 0 Å². The van der Waals surface area contributed by atoms with E-state index < -0.39 is 0 Å². The van der Waals surface area contributed by atoms with E-state index in [-0.39, 0.29) is 0 Å². The Balaban J connectivity index is 1.07. The fourth-order valence-electron chi connectivity index (χ4n) is 8.11. The monoisotopic (exact) mass is 699 g/mol. The zero-order valence-electron chi connectivity index (χ0n) is 30.3. The Morgan fingerprint density at radius 2 is 0.691 bits per heavy atom. The number of fused-ring (bicyclic) bond motifs is 4. The van der Waals surface area contributed by atoms with E-state index in [0.717, 1.165) is 17.1 Å². The molecule has 0 unspecified atom stereocenters. The quantitative estimate of drug-likeness (QED) is 0.150. The summed E-state index contributed by atoms with van der Waals surface area (Å²) in [6, 6.07) is 81.4. The summed E-state index contributed by atoms with van der Waals surface area (Å²) in [5.41, 5.74) is 13.0.